The van der Waals surface area contributed by atoms with Crippen LogP contribution in [0.5, 0.6) is 5.75 Å². The molecule has 0 radical (unpaired) electrons. The zero-order chi connectivity index (χ0) is 26.1. The van der Waals surface area contributed by atoms with Crippen LogP contribution in [0, 0.1) is 11.3 Å². The van der Waals surface area contributed by atoms with E-state index in [4.69, 9.17) is 19.3 Å². The zero-order valence-corrected chi connectivity index (χ0v) is 21.1. The van der Waals surface area contributed by atoms with Crippen molar-refractivity contribution in [2.45, 2.75) is 44.0 Å². The molecule has 0 bridgehead atoms. The van der Waals surface area contributed by atoms with Crippen LogP contribution in [0.3, 0.4) is 0 Å². The highest BCUT2D eigenvalue weighted by Gasteiger charge is 2.38. The molecule has 9 heteroatoms. The van der Waals surface area contributed by atoms with Crippen LogP contribution < -0.4 is 4.74 Å². The number of pyridine rings is 1. The molecule has 1 amide bonds. The third-order valence-electron chi connectivity index (χ3n) is 7.74. The Morgan fingerprint density at radius 3 is 2.76 bits per heavy atom. The van der Waals surface area contributed by atoms with E-state index < -0.39 is 12.4 Å². The first-order valence-corrected chi connectivity index (χ1v) is 13.1. The second-order valence-corrected chi connectivity index (χ2v) is 10.0. The Balaban J connectivity index is 1.22. The number of aliphatic hydroxyl groups excluding tert-OH is 1. The number of allylic oxidation sites excluding steroid dienone is 1. The van der Waals surface area contributed by atoms with Gasteiger partial charge in [-0.2, -0.15) is 5.26 Å². The molecular weight excluding hydrogens is 484 g/mol. The molecule has 1 spiro atoms. The average molecular weight is 515 g/mol. The molecule has 0 unspecified atom stereocenters. The summed E-state index contributed by atoms with van der Waals surface area (Å²) in [6, 6.07) is 12.0. The summed E-state index contributed by atoms with van der Waals surface area (Å²) in [7, 11) is 0. The Bertz CT molecular complexity index is 1420. The number of nitrogens with zero attached hydrogens (tertiary/aromatic N) is 3. The van der Waals surface area contributed by atoms with Crippen LogP contribution in [-0.4, -0.2) is 70.7 Å². The molecule has 196 valence electrons. The number of carbonyl (C=O) groups excluding carboxylic acids is 1. The van der Waals surface area contributed by atoms with Gasteiger partial charge in [0, 0.05) is 67.1 Å². The van der Waals surface area contributed by atoms with Crippen LogP contribution in [0.25, 0.3) is 27.7 Å². The minimum absolute atomic E-state index is 0.0904. The Hall–Kier alpha value is -3.71. The van der Waals surface area contributed by atoms with Gasteiger partial charge in [0.1, 0.15) is 24.5 Å². The number of carbonyl (C=O) groups is 1. The number of fused-ring (bicyclic) bond motifs is 1. The van der Waals surface area contributed by atoms with Crippen LogP contribution >= 0.6 is 0 Å². The molecule has 2 aromatic heterocycles. The fourth-order valence-corrected chi connectivity index (χ4v) is 5.64. The number of nitriles is 1. The van der Waals surface area contributed by atoms with Crippen LogP contribution in [0.1, 0.15) is 43.4 Å². The van der Waals surface area contributed by atoms with Crippen LogP contribution in [0.2, 0.25) is 0 Å². The molecule has 2 aliphatic heterocycles. The van der Waals surface area contributed by atoms with Crippen molar-refractivity contribution in [3.63, 3.8) is 0 Å². The van der Waals surface area contributed by atoms with E-state index in [0.29, 0.717) is 50.5 Å². The summed E-state index contributed by atoms with van der Waals surface area (Å²) in [5.74, 6) is -0.184. The van der Waals surface area contributed by atoms with Gasteiger partial charge in [0.05, 0.1) is 24.5 Å². The highest BCUT2D eigenvalue weighted by Crippen LogP contribution is 2.39. The van der Waals surface area contributed by atoms with E-state index in [2.05, 4.69) is 28.2 Å². The van der Waals surface area contributed by atoms with E-state index in [1.165, 1.54) is 5.57 Å². The summed E-state index contributed by atoms with van der Waals surface area (Å²) < 4.78 is 17.9. The number of piperidine rings is 1. The number of aromatic nitrogens is 2. The molecule has 3 aromatic rings. The second kappa shape index (κ2) is 10.2. The maximum atomic E-state index is 11.7. The third kappa shape index (κ3) is 4.67. The molecule has 3 aliphatic rings. The van der Waals surface area contributed by atoms with E-state index in [9.17, 15) is 10.1 Å². The Kier molecular flexibility index (Phi) is 6.62. The number of hydrogen-bond donors (Lipinski definition) is 2. The molecular formula is C29H30N4O5. The van der Waals surface area contributed by atoms with Gasteiger partial charge in [-0.15, -0.1) is 0 Å². The molecule has 1 aliphatic carbocycles. The van der Waals surface area contributed by atoms with Crippen molar-refractivity contribution in [1.82, 2.24) is 14.9 Å². The second-order valence-electron chi connectivity index (χ2n) is 10.0. The molecule has 0 atom stereocenters. The minimum atomic E-state index is -0.475. The Labute approximate surface area is 220 Å². The molecule has 38 heavy (non-hydrogen) atoms. The minimum Gasteiger partial charge on any atom is -0.489 e. The van der Waals surface area contributed by atoms with Gasteiger partial charge in [0.15, 0.2) is 5.79 Å². The van der Waals surface area contributed by atoms with Gasteiger partial charge in [-0.05, 0) is 42.3 Å². The highest BCUT2D eigenvalue weighted by molar-refractivity contribution is 5.95. The number of aliphatic hydroxyl groups is 1. The summed E-state index contributed by atoms with van der Waals surface area (Å²) in [4.78, 5) is 21.6. The van der Waals surface area contributed by atoms with E-state index in [1.54, 1.807) is 11.1 Å². The lowest BCUT2D eigenvalue weighted by Crippen LogP contribution is -2.42. The smallest absolute Gasteiger partial charge is 0.248 e. The van der Waals surface area contributed by atoms with Crippen molar-refractivity contribution in [2.75, 3.05) is 32.9 Å². The first-order valence-electron chi connectivity index (χ1n) is 13.1. The standard InChI is InChI=1S/C29H30N4O5/c30-17-21-15-20(1-2-26(21)38-22-6-11-33(12-7-22)27(35)18-34)28-23-16-25(32-24(23)5-10-31-28)19-3-8-29(9-4-19)36-13-14-37-29/h1-3,5,10,15-16,22,32,34H,4,6-9,11-14,18H2. The molecule has 4 heterocycles. The molecule has 2 fully saturated rings. The van der Waals surface area contributed by atoms with E-state index >= 15 is 0 Å². The number of benzene rings is 1. The SMILES string of the molecule is N#Cc1cc(-c2nccc3[nH]c(C4=CCC5(CC4)OCCO5)cc23)ccc1OC1CCN(C(=O)CO)CC1. The van der Waals surface area contributed by atoms with Gasteiger partial charge in [0.25, 0.3) is 0 Å². The van der Waals surface area contributed by atoms with Crippen molar-refractivity contribution < 1.29 is 24.1 Å². The van der Waals surface area contributed by atoms with E-state index in [-0.39, 0.29) is 12.0 Å². The molecule has 6 rings (SSSR count). The van der Waals surface area contributed by atoms with E-state index in [1.807, 2.05) is 24.3 Å². The normalized spacial score (nSPS) is 19.5. The quantitative estimate of drug-likeness (QED) is 0.532. The highest BCUT2D eigenvalue weighted by atomic mass is 16.7. The van der Waals surface area contributed by atoms with Crippen LogP contribution in [0.4, 0.5) is 0 Å². The number of amides is 1. The summed E-state index contributed by atoms with van der Waals surface area (Å²) in [6.45, 7) is 1.90. The lowest BCUT2D eigenvalue weighted by Gasteiger charge is -2.32. The van der Waals surface area contributed by atoms with Crippen molar-refractivity contribution >= 4 is 22.4 Å². The van der Waals surface area contributed by atoms with Crippen molar-refractivity contribution in [3.8, 4) is 23.1 Å². The monoisotopic (exact) mass is 514 g/mol. The zero-order valence-electron chi connectivity index (χ0n) is 21.1. The molecule has 2 saturated heterocycles. The Morgan fingerprint density at radius 2 is 2.05 bits per heavy atom. The fourth-order valence-electron chi connectivity index (χ4n) is 5.64. The van der Waals surface area contributed by atoms with E-state index in [0.717, 1.165) is 47.1 Å². The van der Waals surface area contributed by atoms with Crippen molar-refractivity contribution in [1.29, 1.82) is 5.26 Å². The van der Waals surface area contributed by atoms with Crippen LogP contribution in [-0.2, 0) is 14.3 Å². The van der Waals surface area contributed by atoms with Gasteiger partial charge in [-0.3, -0.25) is 9.78 Å². The van der Waals surface area contributed by atoms with Gasteiger partial charge in [0.2, 0.25) is 5.91 Å². The average Bonchev–Trinajstić information content (AvgIpc) is 3.61. The molecule has 0 saturated carbocycles. The lowest BCUT2D eigenvalue weighted by molar-refractivity contribution is -0.159. The topological polar surface area (TPSA) is 121 Å². The summed E-state index contributed by atoms with van der Waals surface area (Å²) >= 11 is 0. The number of aromatic amines is 1. The number of ether oxygens (including phenoxy) is 3. The number of nitrogens with one attached hydrogen (secondary N) is 1. The van der Waals surface area contributed by atoms with Gasteiger partial charge in [-0.1, -0.05) is 6.08 Å². The number of likely N-dealkylation sites (tertiary alicyclic amines) is 1. The lowest BCUT2D eigenvalue weighted by atomic mass is 9.92. The maximum absolute atomic E-state index is 11.7. The van der Waals surface area contributed by atoms with Gasteiger partial charge < -0.3 is 29.2 Å². The first kappa shape index (κ1) is 24.6. The maximum Gasteiger partial charge on any atom is 0.248 e. The fraction of sp³-hybridized carbons (Fsp3) is 0.414. The summed E-state index contributed by atoms with van der Waals surface area (Å²) in [5.41, 5.74) is 5.39. The summed E-state index contributed by atoms with van der Waals surface area (Å²) in [6.07, 6.45) is 7.65. The van der Waals surface area contributed by atoms with Gasteiger partial charge in [-0.25, -0.2) is 0 Å². The number of rotatable bonds is 5. The van der Waals surface area contributed by atoms with Gasteiger partial charge >= 0.3 is 0 Å². The predicted molar refractivity (Wildman–Crippen MR) is 140 cm³/mol. The van der Waals surface area contributed by atoms with Crippen molar-refractivity contribution in [3.05, 3.63) is 53.9 Å². The molecule has 2 N–H and O–H groups in total. The third-order valence-corrected chi connectivity index (χ3v) is 7.74. The molecule has 9 nitrogen and oxygen atoms in total. The predicted octanol–water partition coefficient (Wildman–Crippen LogP) is 3.77. The largest absolute Gasteiger partial charge is 0.489 e. The van der Waals surface area contributed by atoms with Crippen LogP contribution in [0.15, 0.2) is 42.6 Å². The molecule has 1 aromatic carbocycles. The summed E-state index contributed by atoms with van der Waals surface area (Å²) in [5, 5.41) is 19.9. The number of H-pyrrole nitrogens is 1. The first-order chi connectivity index (χ1) is 18.6. The number of hydrogen-bond acceptors (Lipinski definition) is 7. The van der Waals surface area contributed by atoms with Crippen molar-refractivity contribution in [2.24, 2.45) is 0 Å². The Morgan fingerprint density at radius 1 is 1.24 bits per heavy atom.